The van der Waals surface area contributed by atoms with Gasteiger partial charge in [0, 0.05) is 41.5 Å². The molecular formula is C30H27N5O3. The Morgan fingerprint density at radius 2 is 1.89 bits per heavy atom. The van der Waals surface area contributed by atoms with Gasteiger partial charge in [-0.3, -0.25) is 9.59 Å². The summed E-state index contributed by atoms with van der Waals surface area (Å²) in [5, 5.41) is 6.95. The monoisotopic (exact) mass is 505 g/mol. The summed E-state index contributed by atoms with van der Waals surface area (Å²) in [6.07, 6.45) is 7.84. The molecule has 0 bridgehead atoms. The number of fused-ring (bicyclic) bond motifs is 1. The minimum absolute atomic E-state index is 0.0495. The van der Waals surface area contributed by atoms with Crippen LogP contribution in [-0.2, 0) is 11.3 Å². The predicted molar refractivity (Wildman–Crippen MR) is 147 cm³/mol. The minimum Gasteiger partial charge on any atom is -0.457 e. The van der Waals surface area contributed by atoms with E-state index in [0.717, 1.165) is 41.5 Å². The molecule has 2 aromatic heterocycles. The summed E-state index contributed by atoms with van der Waals surface area (Å²) in [5.41, 5.74) is 3.05. The standard InChI is InChI=1S/C30H27N5O3/c1-19-14-22(8-10-27(19)38-24-12-13-35(29(37)16-24)17-21-4-5-21)34-30-25-15-23(7-9-26(25)31-18-32-30)33-28(36)11-6-20-2-3-20/h7-10,12-16,18,20-21H,2-5,17H2,1H3,(H,33,36)(H,31,32,34). The lowest BCUT2D eigenvalue weighted by Gasteiger charge is -2.13. The second-order valence-corrected chi connectivity index (χ2v) is 9.96. The number of nitrogens with zero attached hydrogens (tertiary/aromatic N) is 3. The fraction of sp³-hybridized carbons (Fsp3) is 0.267. The van der Waals surface area contributed by atoms with Gasteiger partial charge in [-0.15, -0.1) is 0 Å². The smallest absolute Gasteiger partial charge is 0.300 e. The van der Waals surface area contributed by atoms with Crippen LogP contribution in [0.5, 0.6) is 11.5 Å². The van der Waals surface area contributed by atoms with Crippen LogP contribution in [0.25, 0.3) is 10.9 Å². The van der Waals surface area contributed by atoms with Crippen molar-refractivity contribution in [3.63, 3.8) is 0 Å². The van der Waals surface area contributed by atoms with Crippen LogP contribution in [0.1, 0.15) is 31.2 Å². The Morgan fingerprint density at radius 3 is 2.66 bits per heavy atom. The second-order valence-electron chi connectivity index (χ2n) is 9.96. The van der Waals surface area contributed by atoms with Crippen LogP contribution >= 0.6 is 0 Å². The molecule has 8 nitrogen and oxygen atoms in total. The van der Waals surface area contributed by atoms with Gasteiger partial charge in [-0.1, -0.05) is 5.92 Å². The molecule has 4 aromatic rings. The number of aromatic nitrogens is 3. The van der Waals surface area contributed by atoms with E-state index in [0.29, 0.717) is 34.8 Å². The maximum absolute atomic E-state index is 12.4. The number of anilines is 3. The zero-order valence-corrected chi connectivity index (χ0v) is 21.0. The molecule has 2 saturated carbocycles. The number of nitrogens with one attached hydrogen (secondary N) is 2. The highest BCUT2D eigenvalue weighted by atomic mass is 16.5. The fourth-order valence-corrected chi connectivity index (χ4v) is 4.18. The lowest BCUT2D eigenvalue weighted by molar-refractivity contribution is -0.111. The molecule has 8 heteroatoms. The molecule has 2 N–H and O–H groups in total. The lowest BCUT2D eigenvalue weighted by Crippen LogP contribution is -2.19. The quantitative estimate of drug-likeness (QED) is 0.327. The molecule has 2 aliphatic carbocycles. The van der Waals surface area contributed by atoms with E-state index in [2.05, 4.69) is 32.4 Å². The van der Waals surface area contributed by atoms with Crippen LogP contribution in [0.3, 0.4) is 0 Å². The molecule has 2 aliphatic rings. The van der Waals surface area contributed by atoms with Crippen molar-refractivity contribution in [1.82, 2.24) is 14.5 Å². The van der Waals surface area contributed by atoms with Gasteiger partial charge in [0.1, 0.15) is 23.6 Å². The van der Waals surface area contributed by atoms with Gasteiger partial charge in [0.25, 0.3) is 11.5 Å². The van der Waals surface area contributed by atoms with Crippen molar-refractivity contribution in [3.05, 3.63) is 77.0 Å². The summed E-state index contributed by atoms with van der Waals surface area (Å²) in [7, 11) is 0. The molecule has 0 atom stereocenters. The van der Waals surface area contributed by atoms with E-state index in [4.69, 9.17) is 4.74 Å². The maximum Gasteiger partial charge on any atom is 0.300 e. The van der Waals surface area contributed by atoms with Crippen molar-refractivity contribution in [2.24, 2.45) is 11.8 Å². The van der Waals surface area contributed by atoms with E-state index >= 15 is 0 Å². The van der Waals surface area contributed by atoms with Gasteiger partial charge in [-0.25, -0.2) is 9.97 Å². The number of hydrogen-bond donors (Lipinski definition) is 2. The van der Waals surface area contributed by atoms with Crippen LogP contribution in [0.15, 0.2) is 65.8 Å². The van der Waals surface area contributed by atoms with Crippen molar-refractivity contribution < 1.29 is 9.53 Å². The molecule has 2 aromatic carbocycles. The van der Waals surface area contributed by atoms with Crippen LogP contribution in [-0.4, -0.2) is 20.4 Å². The summed E-state index contributed by atoms with van der Waals surface area (Å²) in [6.45, 7) is 2.72. The first kappa shape index (κ1) is 23.7. The molecular weight excluding hydrogens is 478 g/mol. The van der Waals surface area contributed by atoms with Crippen molar-refractivity contribution in [2.45, 2.75) is 39.2 Å². The van der Waals surface area contributed by atoms with E-state index in [1.165, 1.54) is 25.2 Å². The van der Waals surface area contributed by atoms with Gasteiger partial charge in [0.2, 0.25) is 0 Å². The normalized spacial score (nSPS) is 14.4. The number of carbonyl (C=O) groups excluding carboxylic acids is 1. The average Bonchev–Trinajstić information content (AvgIpc) is 3.83. The molecule has 2 fully saturated rings. The first-order valence-electron chi connectivity index (χ1n) is 12.8. The van der Waals surface area contributed by atoms with Gasteiger partial charge in [0.05, 0.1) is 5.52 Å². The maximum atomic E-state index is 12.4. The van der Waals surface area contributed by atoms with Gasteiger partial charge < -0.3 is 19.9 Å². The first-order chi connectivity index (χ1) is 18.5. The molecule has 0 saturated heterocycles. The molecule has 2 heterocycles. The Labute approximate surface area is 220 Å². The largest absolute Gasteiger partial charge is 0.457 e. The van der Waals surface area contributed by atoms with Crippen molar-refractivity contribution in [1.29, 1.82) is 0 Å². The lowest BCUT2D eigenvalue weighted by atomic mass is 10.1. The third-order valence-corrected chi connectivity index (χ3v) is 6.65. The number of pyridine rings is 1. The minimum atomic E-state index is -0.325. The third kappa shape index (κ3) is 5.68. The number of rotatable bonds is 7. The zero-order chi connectivity index (χ0) is 26.1. The number of aryl methyl sites for hydroxylation is 1. The Bertz CT molecular complexity index is 1660. The molecule has 0 radical (unpaired) electrons. The summed E-state index contributed by atoms with van der Waals surface area (Å²) in [4.78, 5) is 33.4. The van der Waals surface area contributed by atoms with Gasteiger partial charge in [-0.05, 0) is 92.5 Å². The number of benzene rings is 2. The van der Waals surface area contributed by atoms with Crippen molar-refractivity contribution in [2.75, 3.05) is 10.6 Å². The van der Waals surface area contributed by atoms with E-state index in [-0.39, 0.29) is 11.5 Å². The van der Waals surface area contributed by atoms with Gasteiger partial charge in [-0.2, -0.15) is 0 Å². The van der Waals surface area contributed by atoms with Crippen molar-refractivity contribution >= 4 is 34.0 Å². The number of amides is 1. The number of ether oxygens (including phenoxy) is 1. The van der Waals surface area contributed by atoms with Crippen LogP contribution in [0.2, 0.25) is 0 Å². The van der Waals surface area contributed by atoms with E-state index in [1.807, 2.05) is 43.3 Å². The summed E-state index contributed by atoms with van der Waals surface area (Å²) in [6, 6.07) is 14.6. The topological polar surface area (TPSA) is 98.1 Å². The molecule has 6 rings (SSSR count). The Morgan fingerprint density at radius 1 is 1.05 bits per heavy atom. The van der Waals surface area contributed by atoms with Crippen LogP contribution in [0, 0.1) is 30.6 Å². The molecule has 190 valence electrons. The van der Waals surface area contributed by atoms with Gasteiger partial charge >= 0.3 is 0 Å². The van der Waals surface area contributed by atoms with Crippen LogP contribution < -0.4 is 20.9 Å². The summed E-state index contributed by atoms with van der Waals surface area (Å²) < 4.78 is 7.76. The molecule has 0 aliphatic heterocycles. The SMILES string of the molecule is Cc1cc(Nc2ncnc3ccc(NC(=O)C#CC4CC4)cc23)ccc1Oc1ccn(CC2CC2)c(=O)c1. The molecule has 38 heavy (non-hydrogen) atoms. The van der Waals surface area contributed by atoms with Gasteiger partial charge in [0.15, 0.2) is 0 Å². The highest BCUT2D eigenvalue weighted by Gasteiger charge is 2.22. The van der Waals surface area contributed by atoms with E-state index in [9.17, 15) is 9.59 Å². The molecule has 1 amide bonds. The highest BCUT2D eigenvalue weighted by molar-refractivity contribution is 6.05. The van der Waals surface area contributed by atoms with Crippen molar-refractivity contribution in [3.8, 4) is 23.3 Å². The van der Waals surface area contributed by atoms with E-state index in [1.54, 1.807) is 16.8 Å². The second kappa shape index (κ2) is 10.0. The average molecular weight is 506 g/mol. The Hall–Kier alpha value is -4.64. The summed E-state index contributed by atoms with van der Waals surface area (Å²) in [5.74, 6) is 8.10. The Kier molecular flexibility index (Phi) is 6.26. The highest BCUT2D eigenvalue weighted by Crippen LogP contribution is 2.32. The first-order valence-corrected chi connectivity index (χ1v) is 12.8. The fourth-order valence-electron chi connectivity index (χ4n) is 4.18. The predicted octanol–water partition coefficient (Wildman–Crippen LogP) is 5.40. The molecule has 0 spiro atoms. The van der Waals surface area contributed by atoms with Crippen LogP contribution in [0.4, 0.5) is 17.2 Å². The number of hydrogen-bond acceptors (Lipinski definition) is 6. The number of carbonyl (C=O) groups is 1. The van der Waals surface area contributed by atoms with E-state index < -0.39 is 0 Å². The zero-order valence-electron chi connectivity index (χ0n) is 21.0. The molecule has 0 unspecified atom stereocenters. The Balaban J connectivity index is 1.18. The third-order valence-electron chi connectivity index (χ3n) is 6.65. The summed E-state index contributed by atoms with van der Waals surface area (Å²) >= 11 is 0.